The molecule has 0 rings (SSSR count). The van der Waals surface area contributed by atoms with Crippen molar-refractivity contribution in [3.63, 3.8) is 0 Å². The molecular formula is C9H18N4O. The van der Waals surface area contributed by atoms with E-state index >= 15 is 0 Å². The molecule has 0 heterocycles. The van der Waals surface area contributed by atoms with Gasteiger partial charge in [-0.1, -0.05) is 24.9 Å². The summed E-state index contributed by atoms with van der Waals surface area (Å²) >= 11 is 0. The van der Waals surface area contributed by atoms with Gasteiger partial charge >= 0.3 is 0 Å². The Morgan fingerprint density at radius 2 is 2.07 bits per heavy atom. The van der Waals surface area contributed by atoms with Crippen molar-refractivity contribution in [3.05, 3.63) is 10.4 Å². The van der Waals surface area contributed by atoms with Gasteiger partial charge in [-0.2, -0.15) is 0 Å². The van der Waals surface area contributed by atoms with Crippen molar-refractivity contribution in [2.45, 2.75) is 39.0 Å². The molecule has 0 spiro atoms. The zero-order valence-corrected chi connectivity index (χ0v) is 8.70. The largest absolute Gasteiger partial charge is 0.356 e. The smallest absolute Gasteiger partial charge is 0.219 e. The number of hydrogen-bond donors (Lipinski definition) is 1. The average Bonchev–Trinajstić information content (AvgIpc) is 2.21. The minimum absolute atomic E-state index is 0.110. The molecule has 0 aromatic rings. The van der Waals surface area contributed by atoms with Crippen LogP contribution in [0.2, 0.25) is 0 Å². The maximum atomic E-state index is 10.8. The lowest BCUT2D eigenvalue weighted by Crippen LogP contribution is -2.23. The molecule has 0 saturated heterocycles. The van der Waals surface area contributed by atoms with Crippen LogP contribution in [0.5, 0.6) is 0 Å². The Morgan fingerprint density at radius 1 is 1.36 bits per heavy atom. The fraction of sp³-hybridized carbons (Fsp3) is 0.889. The third kappa shape index (κ3) is 8.87. The van der Waals surface area contributed by atoms with Gasteiger partial charge in [0.25, 0.3) is 0 Å². The van der Waals surface area contributed by atoms with E-state index in [4.69, 9.17) is 5.53 Å². The van der Waals surface area contributed by atoms with Crippen molar-refractivity contribution >= 4 is 5.91 Å². The van der Waals surface area contributed by atoms with Gasteiger partial charge in [0.1, 0.15) is 0 Å². The number of carbonyl (C=O) groups is 1. The summed E-state index contributed by atoms with van der Waals surface area (Å²) < 4.78 is 0. The van der Waals surface area contributed by atoms with Crippen molar-refractivity contribution < 1.29 is 4.79 Å². The van der Waals surface area contributed by atoms with Gasteiger partial charge in [-0.25, -0.2) is 0 Å². The number of hydrogen-bond acceptors (Lipinski definition) is 2. The van der Waals surface area contributed by atoms with Gasteiger partial charge in [0.05, 0.1) is 0 Å². The molecule has 0 unspecified atom stereocenters. The van der Waals surface area contributed by atoms with E-state index < -0.39 is 0 Å². The first-order valence-electron chi connectivity index (χ1n) is 5.08. The molecule has 0 aliphatic heterocycles. The Balaban J connectivity index is 3.06. The zero-order chi connectivity index (χ0) is 10.6. The molecule has 0 aliphatic carbocycles. The van der Waals surface area contributed by atoms with Crippen LogP contribution in [0.1, 0.15) is 39.0 Å². The second-order valence-corrected chi connectivity index (χ2v) is 3.07. The molecule has 0 atom stereocenters. The monoisotopic (exact) mass is 198 g/mol. The van der Waals surface area contributed by atoms with Crippen LogP contribution in [-0.4, -0.2) is 19.0 Å². The van der Waals surface area contributed by atoms with E-state index in [2.05, 4.69) is 15.3 Å². The SMILES string of the molecule is CCC(=O)NCCCCCCN=[N+]=[N-]. The summed E-state index contributed by atoms with van der Waals surface area (Å²) in [7, 11) is 0. The molecule has 1 N–H and O–H groups in total. The predicted molar refractivity (Wildman–Crippen MR) is 55.8 cm³/mol. The van der Waals surface area contributed by atoms with Crippen LogP contribution < -0.4 is 5.32 Å². The van der Waals surface area contributed by atoms with E-state index in [1.165, 1.54) is 0 Å². The zero-order valence-electron chi connectivity index (χ0n) is 8.70. The Bertz CT molecular complexity index is 199. The summed E-state index contributed by atoms with van der Waals surface area (Å²) in [5.41, 5.74) is 8.01. The number of rotatable bonds is 8. The van der Waals surface area contributed by atoms with Gasteiger partial charge in [0, 0.05) is 24.4 Å². The molecule has 0 bridgehead atoms. The van der Waals surface area contributed by atoms with Crippen LogP contribution in [0.15, 0.2) is 5.11 Å². The second-order valence-electron chi connectivity index (χ2n) is 3.07. The molecule has 0 aliphatic rings. The van der Waals surface area contributed by atoms with Crippen molar-refractivity contribution in [2.75, 3.05) is 13.1 Å². The molecule has 5 heteroatoms. The maximum Gasteiger partial charge on any atom is 0.219 e. The molecule has 0 saturated carbocycles. The topological polar surface area (TPSA) is 77.9 Å². The lowest BCUT2D eigenvalue weighted by molar-refractivity contribution is -0.120. The van der Waals surface area contributed by atoms with Gasteiger partial charge in [0.15, 0.2) is 0 Å². The Hall–Kier alpha value is -1.22. The Morgan fingerprint density at radius 3 is 2.71 bits per heavy atom. The highest BCUT2D eigenvalue weighted by atomic mass is 16.1. The Kier molecular flexibility index (Phi) is 9.01. The van der Waals surface area contributed by atoms with Crippen LogP contribution in [0, 0.1) is 0 Å². The van der Waals surface area contributed by atoms with Crippen LogP contribution >= 0.6 is 0 Å². The minimum atomic E-state index is 0.110. The summed E-state index contributed by atoms with van der Waals surface area (Å²) in [6.07, 6.45) is 4.62. The lowest BCUT2D eigenvalue weighted by atomic mass is 10.2. The standard InChI is InChI=1S/C9H18N4O/c1-2-9(14)11-7-5-3-4-6-8-12-13-10/h2-8H2,1H3,(H,11,14). The summed E-state index contributed by atoms with van der Waals surface area (Å²) in [6, 6.07) is 0. The van der Waals surface area contributed by atoms with E-state index in [9.17, 15) is 4.79 Å². The normalized spacial score (nSPS) is 9.21. The van der Waals surface area contributed by atoms with Gasteiger partial charge in [-0.3, -0.25) is 4.79 Å². The van der Waals surface area contributed by atoms with Crippen LogP contribution in [-0.2, 0) is 4.79 Å². The first kappa shape index (κ1) is 12.8. The number of unbranched alkanes of at least 4 members (excludes halogenated alkanes) is 3. The number of amides is 1. The van der Waals surface area contributed by atoms with Crippen LogP contribution in [0.4, 0.5) is 0 Å². The molecule has 0 radical (unpaired) electrons. The number of nitrogens with one attached hydrogen (secondary N) is 1. The number of carbonyl (C=O) groups excluding carboxylic acids is 1. The van der Waals surface area contributed by atoms with E-state index in [0.29, 0.717) is 13.0 Å². The second kappa shape index (κ2) is 9.86. The fourth-order valence-electron chi connectivity index (χ4n) is 1.06. The van der Waals surface area contributed by atoms with Gasteiger partial charge in [-0.05, 0) is 18.4 Å². The van der Waals surface area contributed by atoms with Gasteiger partial charge in [-0.15, -0.1) is 0 Å². The first-order chi connectivity index (χ1) is 6.81. The molecule has 5 nitrogen and oxygen atoms in total. The molecule has 0 fully saturated rings. The molecule has 0 aromatic heterocycles. The highest BCUT2D eigenvalue weighted by molar-refractivity contribution is 5.75. The quantitative estimate of drug-likeness (QED) is 0.276. The highest BCUT2D eigenvalue weighted by Gasteiger charge is 1.94. The predicted octanol–water partition coefficient (Wildman–Crippen LogP) is 2.38. The molecule has 80 valence electrons. The summed E-state index contributed by atoms with van der Waals surface area (Å²) in [5.74, 6) is 0.110. The summed E-state index contributed by atoms with van der Waals surface area (Å²) in [4.78, 5) is 13.5. The maximum absolute atomic E-state index is 10.8. The van der Waals surface area contributed by atoms with E-state index in [1.54, 1.807) is 0 Å². The van der Waals surface area contributed by atoms with E-state index in [-0.39, 0.29) is 5.91 Å². The molecule has 1 amide bonds. The fourth-order valence-corrected chi connectivity index (χ4v) is 1.06. The highest BCUT2D eigenvalue weighted by Crippen LogP contribution is 1.99. The first-order valence-corrected chi connectivity index (χ1v) is 5.08. The molecular weight excluding hydrogens is 180 g/mol. The van der Waals surface area contributed by atoms with Gasteiger partial charge in [0.2, 0.25) is 5.91 Å². The van der Waals surface area contributed by atoms with E-state index in [1.807, 2.05) is 6.92 Å². The van der Waals surface area contributed by atoms with Gasteiger partial charge < -0.3 is 5.32 Å². The third-order valence-corrected chi connectivity index (χ3v) is 1.89. The van der Waals surface area contributed by atoms with Crippen LogP contribution in [0.25, 0.3) is 10.4 Å². The molecule has 0 aromatic carbocycles. The number of nitrogens with zero attached hydrogens (tertiary/aromatic N) is 3. The average molecular weight is 198 g/mol. The van der Waals surface area contributed by atoms with Crippen molar-refractivity contribution in [1.82, 2.24) is 5.32 Å². The minimum Gasteiger partial charge on any atom is -0.356 e. The lowest BCUT2D eigenvalue weighted by Gasteiger charge is -2.02. The summed E-state index contributed by atoms with van der Waals surface area (Å²) in [6.45, 7) is 3.18. The van der Waals surface area contributed by atoms with Crippen LogP contribution in [0.3, 0.4) is 0 Å². The molecule has 14 heavy (non-hydrogen) atoms. The van der Waals surface area contributed by atoms with Crippen molar-refractivity contribution in [1.29, 1.82) is 0 Å². The third-order valence-electron chi connectivity index (χ3n) is 1.89. The number of azide groups is 1. The van der Waals surface area contributed by atoms with E-state index in [0.717, 1.165) is 32.2 Å². The summed E-state index contributed by atoms with van der Waals surface area (Å²) in [5, 5.41) is 6.26. The Labute approximate surface area is 84.5 Å². The van der Waals surface area contributed by atoms with Crippen molar-refractivity contribution in [3.8, 4) is 0 Å². The van der Waals surface area contributed by atoms with Crippen molar-refractivity contribution in [2.24, 2.45) is 5.11 Å².